The molecule has 0 aromatic heterocycles. The number of rotatable bonds is 7. The maximum absolute atomic E-state index is 5.84. The fraction of sp³-hybridized carbons (Fsp3) is 0.316. The molecular formula is C19H26IN3O2. The molecule has 2 rings (SSSR count). The summed E-state index contributed by atoms with van der Waals surface area (Å²) >= 11 is 0. The third-order valence-corrected chi connectivity index (χ3v) is 3.48. The van der Waals surface area contributed by atoms with Gasteiger partial charge in [0.15, 0.2) is 5.96 Å². The van der Waals surface area contributed by atoms with Gasteiger partial charge in [0.2, 0.25) is 0 Å². The van der Waals surface area contributed by atoms with Crippen LogP contribution >= 0.6 is 24.0 Å². The summed E-state index contributed by atoms with van der Waals surface area (Å²) in [4.78, 5) is 4.23. The molecule has 0 amide bonds. The fourth-order valence-corrected chi connectivity index (χ4v) is 2.16. The fourth-order valence-electron chi connectivity index (χ4n) is 2.16. The Morgan fingerprint density at radius 1 is 1.00 bits per heavy atom. The average Bonchev–Trinajstić information content (AvgIpc) is 2.63. The molecule has 1 unspecified atom stereocenters. The molecule has 0 aliphatic rings. The van der Waals surface area contributed by atoms with Crippen LogP contribution in [0, 0.1) is 0 Å². The second-order valence-electron chi connectivity index (χ2n) is 5.40. The molecule has 136 valence electrons. The largest absolute Gasteiger partial charge is 0.497 e. The maximum Gasteiger partial charge on any atom is 0.191 e. The van der Waals surface area contributed by atoms with Crippen LogP contribution in [0.1, 0.15) is 12.5 Å². The summed E-state index contributed by atoms with van der Waals surface area (Å²) in [5, 5.41) is 6.56. The Bertz CT molecular complexity index is 633. The zero-order valence-corrected chi connectivity index (χ0v) is 17.2. The number of ether oxygens (including phenoxy) is 2. The second kappa shape index (κ2) is 11.6. The lowest BCUT2D eigenvalue weighted by molar-refractivity contribution is 0.224. The molecule has 1 atom stereocenters. The Morgan fingerprint density at radius 2 is 1.68 bits per heavy atom. The second-order valence-corrected chi connectivity index (χ2v) is 5.40. The molecule has 0 radical (unpaired) electrons. The Balaban J connectivity index is 0.00000312. The van der Waals surface area contributed by atoms with E-state index in [4.69, 9.17) is 9.47 Å². The molecule has 0 heterocycles. The number of halogens is 1. The van der Waals surface area contributed by atoms with Crippen molar-refractivity contribution in [2.24, 2.45) is 4.99 Å². The van der Waals surface area contributed by atoms with Gasteiger partial charge in [-0.15, -0.1) is 24.0 Å². The third-order valence-electron chi connectivity index (χ3n) is 3.48. The standard InChI is InChI=1S/C19H25N3O2.HI/c1-15(24-18-7-5-4-6-8-18)13-21-19(20-2)22-14-16-9-11-17(23-3)12-10-16;/h4-12,15H,13-14H2,1-3H3,(H2,20,21,22);1H. The molecule has 2 aromatic rings. The van der Waals surface area contributed by atoms with Crippen LogP contribution in [0.2, 0.25) is 0 Å². The zero-order chi connectivity index (χ0) is 17.2. The Kier molecular flexibility index (Phi) is 9.76. The summed E-state index contributed by atoms with van der Waals surface area (Å²) in [6.45, 7) is 3.38. The molecule has 0 spiro atoms. The van der Waals surface area contributed by atoms with Gasteiger partial charge in [0, 0.05) is 13.6 Å². The van der Waals surface area contributed by atoms with E-state index in [0.29, 0.717) is 13.1 Å². The molecule has 5 nitrogen and oxygen atoms in total. The first kappa shape index (κ1) is 21.1. The van der Waals surface area contributed by atoms with Crippen molar-refractivity contribution in [1.82, 2.24) is 10.6 Å². The quantitative estimate of drug-likeness (QED) is 0.382. The number of methoxy groups -OCH3 is 1. The van der Waals surface area contributed by atoms with Crippen molar-refractivity contribution >= 4 is 29.9 Å². The van der Waals surface area contributed by atoms with E-state index in [0.717, 1.165) is 23.0 Å². The lowest BCUT2D eigenvalue weighted by Gasteiger charge is -2.17. The molecule has 0 aliphatic carbocycles. The van der Waals surface area contributed by atoms with Gasteiger partial charge in [0.25, 0.3) is 0 Å². The third kappa shape index (κ3) is 7.64. The summed E-state index contributed by atoms with van der Waals surface area (Å²) < 4.78 is 11.0. The van der Waals surface area contributed by atoms with Gasteiger partial charge in [-0.05, 0) is 36.8 Å². The first-order valence-corrected chi connectivity index (χ1v) is 8.00. The zero-order valence-electron chi connectivity index (χ0n) is 14.9. The number of hydrogen-bond acceptors (Lipinski definition) is 3. The summed E-state index contributed by atoms with van der Waals surface area (Å²) in [7, 11) is 3.42. The molecular weight excluding hydrogens is 429 g/mol. The van der Waals surface area contributed by atoms with Gasteiger partial charge in [-0.25, -0.2) is 0 Å². The Morgan fingerprint density at radius 3 is 2.28 bits per heavy atom. The summed E-state index contributed by atoms with van der Waals surface area (Å²) in [6.07, 6.45) is 0.0342. The van der Waals surface area contributed by atoms with E-state index >= 15 is 0 Å². The van der Waals surface area contributed by atoms with Crippen LogP contribution in [0.4, 0.5) is 0 Å². The van der Waals surface area contributed by atoms with Gasteiger partial charge >= 0.3 is 0 Å². The van der Waals surface area contributed by atoms with Gasteiger partial charge in [-0.1, -0.05) is 30.3 Å². The van der Waals surface area contributed by atoms with Crippen molar-refractivity contribution in [3.05, 3.63) is 60.2 Å². The highest BCUT2D eigenvalue weighted by Gasteiger charge is 2.05. The molecule has 2 aromatic carbocycles. The van der Waals surface area contributed by atoms with E-state index < -0.39 is 0 Å². The van der Waals surface area contributed by atoms with Crippen LogP contribution in [-0.2, 0) is 6.54 Å². The molecule has 0 fully saturated rings. The first-order chi connectivity index (χ1) is 11.7. The van der Waals surface area contributed by atoms with E-state index in [1.807, 2.05) is 61.5 Å². The highest BCUT2D eigenvalue weighted by atomic mass is 127. The predicted molar refractivity (Wildman–Crippen MR) is 113 cm³/mol. The van der Waals surface area contributed by atoms with Gasteiger partial charge in [0.05, 0.1) is 13.7 Å². The van der Waals surface area contributed by atoms with E-state index in [9.17, 15) is 0 Å². The molecule has 2 N–H and O–H groups in total. The predicted octanol–water partition coefficient (Wildman–Crippen LogP) is 3.45. The minimum absolute atomic E-state index is 0. The molecule has 0 bridgehead atoms. The van der Waals surface area contributed by atoms with Crippen LogP contribution in [0.5, 0.6) is 11.5 Å². The lowest BCUT2D eigenvalue weighted by atomic mass is 10.2. The van der Waals surface area contributed by atoms with E-state index in [2.05, 4.69) is 15.6 Å². The molecule has 0 saturated carbocycles. The molecule has 25 heavy (non-hydrogen) atoms. The van der Waals surface area contributed by atoms with Gasteiger partial charge in [-0.2, -0.15) is 0 Å². The normalized spacial score (nSPS) is 11.9. The lowest BCUT2D eigenvalue weighted by Crippen LogP contribution is -2.41. The Labute approximate surface area is 166 Å². The van der Waals surface area contributed by atoms with Crippen molar-refractivity contribution in [2.75, 3.05) is 20.7 Å². The van der Waals surface area contributed by atoms with Crippen molar-refractivity contribution in [3.63, 3.8) is 0 Å². The summed E-state index contributed by atoms with van der Waals surface area (Å²) in [5.74, 6) is 2.47. The van der Waals surface area contributed by atoms with Gasteiger partial charge in [-0.3, -0.25) is 4.99 Å². The number of para-hydroxylation sites is 1. The highest BCUT2D eigenvalue weighted by molar-refractivity contribution is 14.0. The summed E-state index contributed by atoms with van der Waals surface area (Å²) in [6, 6.07) is 17.8. The van der Waals surface area contributed by atoms with Gasteiger partial charge in [0.1, 0.15) is 17.6 Å². The number of guanidine groups is 1. The monoisotopic (exact) mass is 455 g/mol. The van der Waals surface area contributed by atoms with Crippen LogP contribution < -0.4 is 20.1 Å². The smallest absolute Gasteiger partial charge is 0.191 e. The van der Waals surface area contributed by atoms with Crippen LogP contribution in [-0.4, -0.2) is 32.8 Å². The number of nitrogens with zero attached hydrogens (tertiary/aromatic N) is 1. The SMILES string of the molecule is CN=C(NCc1ccc(OC)cc1)NCC(C)Oc1ccccc1.I. The average molecular weight is 455 g/mol. The number of benzene rings is 2. The van der Waals surface area contributed by atoms with E-state index in [1.54, 1.807) is 14.2 Å². The number of hydrogen-bond donors (Lipinski definition) is 2. The van der Waals surface area contributed by atoms with Crippen LogP contribution in [0.25, 0.3) is 0 Å². The minimum Gasteiger partial charge on any atom is -0.497 e. The van der Waals surface area contributed by atoms with Crippen LogP contribution in [0.3, 0.4) is 0 Å². The van der Waals surface area contributed by atoms with Crippen molar-refractivity contribution < 1.29 is 9.47 Å². The maximum atomic E-state index is 5.84. The number of nitrogens with one attached hydrogen (secondary N) is 2. The minimum atomic E-state index is 0. The van der Waals surface area contributed by atoms with Crippen LogP contribution in [0.15, 0.2) is 59.6 Å². The summed E-state index contributed by atoms with van der Waals surface area (Å²) in [5.41, 5.74) is 1.16. The van der Waals surface area contributed by atoms with E-state index in [-0.39, 0.29) is 30.1 Å². The Hall–Kier alpha value is -1.96. The topological polar surface area (TPSA) is 54.9 Å². The van der Waals surface area contributed by atoms with Crippen molar-refractivity contribution in [1.29, 1.82) is 0 Å². The van der Waals surface area contributed by atoms with Crippen molar-refractivity contribution in [2.45, 2.75) is 19.6 Å². The highest BCUT2D eigenvalue weighted by Crippen LogP contribution is 2.11. The molecule has 0 aliphatic heterocycles. The molecule has 6 heteroatoms. The van der Waals surface area contributed by atoms with E-state index in [1.165, 1.54) is 0 Å². The first-order valence-electron chi connectivity index (χ1n) is 8.00. The number of aliphatic imine (C=N–C) groups is 1. The van der Waals surface area contributed by atoms with Gasteiger partial charge < -0.3 is 20.1 Å². The van der Waals surface area contributed by atoms with Crippen molar-refractivity contribution in [3.8, 4) is 11.5 Å². The molecule has 0 saturated heterocycles.